The van der Waals surface area contributed by atoms with Crippen LogP contribution in [0.2, 0.25) is 0 Å². The van der Waals surface area contributed by atoms with Gasteiger partial charge in [0, 0.05) is 6.54 Å². The topological polar surface area (TPSA) is 162 Å². The highest BCUT2D eigenvalue weighted by atomic mass is 16.4. The molecule has 2 unspecified atom stereocenters. The number of aliphatic hydroxyl groups is 1. The number of aliphatic hydroxyl groups excluding tert-OH is 1. The van der Waals surface area contributed by atoms with Crippen molar-refractivity contribution in [1.29, 1.82) is 0 Å². The molecule has 2 atom stereocenters. The molecule has 1 rings (SSSR count). The predicted octanol–water partition coefficient (Wildman–Crippen LogP) is -3.39. The molecule has 1 aliphatic rings. The minimum Gasteiger partial charge on any atom is -0.480 e. The summed E-state index contributed by atoms with van der Waals surface area (Å²) in [6.45, 7) is -1.07. The number of hydrogen-bond acceptors (Lipinski definition) is 6. The Balaban J connectivity index is 2.50. The third-order valence-corrected chi connectivity index (χ3v) is 3.29. The minimum atomic E-state index is -1.21. The number of carbonyl (C=O) groups is 4. The van der Waals surface area contributed by atoms with E-state index in [1.54, 1.807) is 0 Å². The third kappa shape index (κ3) is 4.67. The summed E-state index contributed by atoms with van der Waals surface area (Å²) in [4.78, 5) is 46.9. The molecule has 10 nitrogen and oxygen atoms in total. The maximum atomic E-state index is 11.9. The number of carbonyl (C=O) groups excluding carboxylic acids is 3. The molecule has 0 aliphatic carbocycles. The van der Waals surface area contributed by atoms with Crippen LogP contribution < -0.4 is 16.4 Å². The molecular weight excluding hydrogens is 296 g/mol. The molecule has 0 aromatic carbocycles. The smallest absolute Gasteiger partial charge is 0.326 e. The molecule has 10 heteroatoms. The standard InChI is InChI=1S/C12H20N4O6/c13-4-9(18)15-7(6-17)11(20)14-5-10(19)16-3-1-2-8(16)12(21)22/h7-8,17H,1-6,13H2,(H,14,20)(H,15,18)(H,21,22). The predicted molar refractivity (Wildman–Crippen MR) is 73.5 cm³/mol. The first kappa shape index (κ1) is 17.9. The first-order valence-corrected chi connectivity index (χ1v) is 6.81. The van der Waals surface area contributed by atoms with Crippen LogP contribution in [0.5, 0.6) is 0 Å². The lowest BCUT2D eigenvalue weighted by molar-refractivity contribution is -0.148. The molecule has 0 aromatic rings. The van der Waals surface area contributed by atoms with E-state index in [4.69, 9.17) is 15.9 Å². The Morgan fingerprint density at radius 2 is 2.00 bits per heavy atom. The number of rotatable bonds is 7. The Kier molecular flexibility index (Phi) is 6.73. The van der Waals surface area contributed by atoms with Crippen molar-refractivity contribution in [3.8, 4) is 0 Å². The summed E-state index contributed by atoms with van der Waals surface area (Å²) in [6.07, 6.45) is 0.962. The van der Waals surface area contributed by atoms with E-state index in [0.29, 0.717) is 19.4 Å². The molecule has 0 saturated carbocycles. The van der Waals surface area contributed by atoms with Gasteiger partial charge in [-0.2, -0.15) is 0 Å². The van der Waals surface area contributed by atoms with Gasteiger partial charge < -0.3 is 31.5 Å². The van der Waals surface area contributed by atoms with E-state index in [9.17, 15) is 19.2 Å². The zero-order valence-corrected chi connectivity index (χ0v) is 11.9. The summed E-state index contributed by atoms with van der Waals surface area (Å²) in [6, 6.07) is -2.09. The van der Waals surface area contributed by atoms with Crippen LogP contribution in [0.25, 0.3) is 0 Å². The highest BCUT2D eigenvalue weighted by Crippen LogP contribution is 2.17. The molecule has 0 radical (unpaired) electrons. The second-order valence-electron chi connectivity index (χ2n) is 4.81. The maximum absolute atomic E-state index is 11.9. The van der Waals surface area contributed by atoms with Crippen LogP contribution in [-0.4, -0.2) is 77.1 Å². The van der Waals surface area contributed by atoms with Gasteiger partial charge in [0.1, 0.15) is 12.1 Å². The Hall–Kier alpha value is -2.20. The third-order valence-electron chi connectivity index (χ3n) is 3.29. The van der Waals surface area contributed by atoms with Crippen molar-refractivity contribution < 1.29 is 29.4 Å². The van der Waals surface area contributed by atoms with E-state index in [1.807, 2.05) is 0 Å². The number of amides is 3. The van der Waals surface area contributed by atoms with Gasteiger partial charge in [-0.3, -0.25) is 14.4 Å². The average molecular weight is 316 g/mol. The van der Waals surface area contributed by atoms with Gasteiger partial charge in [-0.05, 0) is 12.8 Å². The molecule has 0 aromatic heterocycles. The second kappa shape index (κ2) is 8.29. The fourth-order valence-electron chi connectivity index (χ4n) is 2.16. The lowest BCUT2D eigenvalue weighted by atomic mass is 10.2. The van der Waals surface area contributed by atoms with Gasteiger partial charge in [0.25, 0.3) is 0 Å². The molecule has 22 heavy (non-hydrogen) atoms. The average Bonchev–Trinajstić information content (AvgIpc) is 2.99. The Morgan fingerprint density at radius 3 is 2.55 bits per heavy atom. The van der Waals surface area contributed by atoms with Crippen LogP contribution in [0.3, 0.4) is 0 Å². The van der Waals surface area contributed by atoms with Crippen LogP contribution in [0.1, 0.15) is 12.8 Å². The summed E-state index contributed by atoms with van der Waals surface area (Å²) < 4.78 is 0. The largest absolute Gasteiger partial charge is 0.480 e. The van der Waals surface area contributed by atoms with Gasteiger partial charge in [-0.25, -0.2) is 4.79 Å². The van der Waals surface area contributed by atoms with Crippen molar-refractivity contribution in [2.24, 2.45) is 5.73 Å². The van der Waals surface area contributed by atoms with Crippen LogP contribution in [0.15, 0.2) is 0 Å². The molecule has 1 aliphatic heterocycles. The molecule has 6 N–H and O–H groups in total. The Labute approximate surface area is 126 Å². The van der Waals surface area contributed by atoms with Crippen molar-refractivity contribution in [1.82, 2.24) is 15.5 Å². The van der Waals surface area contributed by atoms with E-state index >= 15 is 0 Å². The quantitative estimate of drug-likeness (QED) is 0.327. The minimum absolute atomic E-state index is 0.318. The SMILES string of the molecule is NCC(=O)NC(CO)C(=O)NCC(=O)N1CCCC1C(=O)O. The molecule has 0 spiro atoms. The summed E-state index contributed by atoms with van der Waals surface area (Å²) in [5.41, 5.74) is 5.08. The van der Waals surface area contributed by atoms with E-state index < -0.39 is 48.9 Å². The van der Waals surface area contributed by atoms with Crippen LogP contribution in [-0.2, 0) is 19.2 Å². The monoisotopic (exact) mass is 316 g/mol. The highest BCUT2D eigenvalue weighted by Gasteiger charge is 2.34. The lowest BCUT2D eigenvalue weighted by Gasteiger charge is -2.22. The number of nitrogens with one attached hydrogen (secondary N) is 2. The molecular formula is C12H20N4O6. The summed E-state index contributed by atoms with van der Waals surface area (Å²) >= 11 is 0. The van der Waals surface area contributed by atoms with Gasteiger partial charge in [-0.15, -0.1) is 0 Å². The molecule has 124 valence electrons. The van der Waals surface area contributed by atoms with Crippen molar-refractivity contribution in [3.63, 3.8) is 0 Å². The van der Waals surface area contributed by atoms with Crippen molar-refractivity contribution in [2.75, 3.05) is 26.2 Å². The summed E-state index contributed by atoms with van der Waals surface area (Å²) in [5.74, 6) is -2.98. The molecule has 3 amide bonds. The number of likely N-dealkylation sites (tertiary alicyclic amines) is 1. The molecule has 1 heterocycles. The fraction of sp³-hybridized carbons (Fsp3) is 0.667. The van der Waals surface area contributed by atoms with Gasteiger partial charge in [-0.1, -0.05) is 0 Å². The van der Waals surface area contributed by atoms with E-state index in [0.717, 1.165) is 0 Å². The van der Waals surface area contributed by atoms with Gasteiger partial charge in [0.2, 0.25) is 17.7 Å². The van der Waals surface area contributed by atoms with Crippen LogP contribution in [0, 0.1) is 0 Å². The number of carboxylic acids is 1. The lowest BCUT2D eigenvalue weighted by Crippen LogP contribution is -2.53. The van der Waals surface area contributed by atoms with Crippen molar-refractivity contribution >= 4 is 23.7 Å². The second-order valence-corrected chi connectivity index (χ2v) is 4.81. The first-order chi connectivity index (χ1) is 10.4. The van der Waals surface area contributed by atoms with Gasteiger partial charge in [0.05, 0.1) is 19.7 Å². The van der Waals surface area contributed by atoms with E-state index in [-0.39, 0.29) is 6.54 Å². The molecule has 1 fully saturated rings. The zero-order valence-electron chi connectivity index (χ0n) is 11.9. The van der Waals surface area contributed by atoms with Crippen LogP contribution >= 0.6 is 0 Å². The molecule has 0 bridgehead atoms. The van der Waals surface area contributed by atoms with Crippen molar-refractivity contribution in [3.05, 3.63) is 0 Å². The fourth-order valence-corrected chi connectivity index (χ4v) is 2.16. The number of carboxylic acid groups (broad SMARTS) is 1. The maximum Gasteiger partial charge on any atom is 0.326 e. The number of aliphatic carboxylic acids is 1. The normalized spacial score (nSPS) is 18.6. The highest BCUT2D eigenvalue weighted by molar-refractivity contribution is 5.92. The van der Waals surface area contributed by atoms with E-state index in [2.05, 4.69) is 10.6 Å². The molecule has 1 saturated heterocycles. The zero-order chi connectivity index (χ0) is 16.7. The number of nitrogens with zero attached hydrogens (tertiary/aromatic N) is 1. The van der Waals surface area contributed by atoms with Gasteiger partial charge >= 0.3 is 5.97 Å². The van der Waals surface area contributed by atoms with E-state index in [1.165, 1.54) is 4.90 Å². The summed E-state index contributed by atoms with van der Waals surface area (Å²) in [7, 11) is 0. The Bertz CT molecular complexity index is 455. The Morgan fingerprint density at radius 1 is 1.32 bits per heavy atom. The van der Waals surface area contributed by atoms with Crippen molar-refractivity contribution in [2.45, 2.75) is 24.9 Å². The first-order valence-electron chi connectivity index (χ1n) is 6.81. The number of nitrogens with two attached hydrogens (primary N) is 1. The van der Waals surface area contributed by atoms with Crippen LogP contribution in [0.4, 0.5) is 0 Å². The summed E-state index contributed by atoms with van der Waals surface area (Å²) in [5, 5.41) is 22.5. The number of hydrogen-bond donors (Lipinski definition) is 5. The van der Waals surface area contributed by atoms with Gasteiger partial charge in [0.15, 0.2) is 0 Å².